The number of amides is 3. The standard InChI is InChI=1S/C13H24N4O3/c1-2-3-5-10(12(19)16-8-11(14)18)17-13(20)9-6-4-7-15-9/h9-10,15H,2-8H2,1H3,(H2,14,18)(H,16,19)(H,17,20)/t9-,10-/m0/s1. The van der Waals surface area contributed by atoms with Gasteiger partial charge in [-0.25, -0.2) is 0 Å². The van der Waals surface area contributed by atoms with E-state index in [0.717, 1.165) is 32.2 Å². The molecule has 3 amide bonds. The van der Waals surface area contributed by atoms with Crippen molar-refractivity contribution in [3.63, 3.8) is 0 Å². The Balaban J connectivity index is 2.50. The minimum atomic E-state index is -0.607. The summed E-state index contributed by atoms with van der Waals surface area (Å²) in [5.74, 6) is -1.11. The predicted octanol–water partition coefficient (Wildman–Crippen LogP) is -0.985. The van der Waals surface area contributed by atoms with Gasteiger partial charge in [-0.1, -0.05) is 19.8 Å². The summed E-state index contributed by atoms with van der Waals surface area (Å²) < 4.78 is 0. The monoisotopic (exact) mass is 284 g/mol. The van der Waals surface area contributed by atoms with Crippen molar-refractivity contribution in [2.75, 3.05) is 13.1 Å². The lowest BCUT2D eigenvalue weighted by molar-refractivity contribution is -0.130. The fourth-order valence-corrected chi connectivity index (χ4v) is 2.16. The summed E-state index contributed by atoms with van der Waals surface area (Å²) in [6.45, 7) is 2.63. The Morgan fingerprint density at radius 1 is 1.40 bits per heavy atom. The van der Waals surface area contributed by atoms with E-state index in [0.29, 0.717) is 6.42 Å². The Hall–Kier alpha value is -1.63. The van der Waals surface area contributed by atoms with Crippen LogP contribution in [0, 0.1) is 0 Å². The van der Waals surface area contributed by atoms with Crippen molar-refractivity contribution in [2.45, 2.75) is 51.1 Å². The zero-order chi connectivity index (χ0) is 15.0. The molecular weight excluding hydrogens is 260 g/mol. The maximum Gasteiger partial charge on any atom is 0.243 e. The van der Waals surface area contributed by atoms with Crippen molar-refractivity contribution < 1.29 is 14.4 Å². The van der Waals surface area contributed by atoms with Crippen LogP contribution < -0.4 is 21.7 Å². The van der Waals surface area contributed by atoms with E-state index in [-0.39, 0.29) is 24.4 Å². The molecule has 0 bridgehead atoms. The summed E-state index contributed by atoms with van der Waals surface area (Å²) in [6, 6.07) is -0.827. The van der Waals surface area contributed by atoms with Crippen LogP contribution in [0.3, 0.4) is 0 Å². The van der Waals surface area contributed by atoms with Gasteiger partial charge in [0, 0.05) is 0 Å². The van der Waals surface area contributed by atoms with Crippen molar-refractivity contribution in [1.29, 1.82) is 0 Å². The SMILES string of the molecule is CCCC[C@H](NC(=O)[C@@H]1CCCN1)C(=O)NCC(N)=O. The predicted molar refractivity (Wildman–Crippen MR) is 74.7 cm³/mol. The highest BCUT2D eigenvalue weighted by molar-refractivity contribution is 5.91. The summed E-state index contributed by atoms with van der Waals surface area (Å²) >= 11 is 0. The minimum Gasteiger partial charge on any atom is -0.368 e. The van der Waals surface area contributed by atoms with Crippen molar-refractivity contribution in [3.05, 3.63) is 0 Å². The molecule has 2 atom stereocenters. The van der Waals surface area contributed by atoms with E-state index in [4.69, 9.17) is 5.73 Å². The molecule has 1 fully saturated rings. The van der Waals surface area contributed by atoms with Gasteiger partial charge in [-0.05, 0) is 25.8 Å². The van der Waals surface area contributed by atoms with Crippen LogP contribution in [-0.2, 0) is 14.4 Å². The topological polar surface area (TPSA) is 113 Å². The average molecular weight is 284 g/mol. The van der Waals surface area contributed by atoms with Crippen molar-refractivity contribution in [2.24, 2.45) is 5.73 Å². The van der Waals surface area contributed by atoms with E-state index in [9.17, 15) is 14.4 Å². The van der Waals surface area contributed by atoms with Gasteiger partial charge in [-0.3, -0.25) is 14.4 Å². The summed E-state index contributed by atoms with van der Waals surface area (Å²) in [6.07, 6.45) is 4.06. The number of unbranched alkanes of at least 4 members (excludes halogenated alkanes) is 1. The molecule has 0 aromatic rings. The number of nitrogens with one attached hydrogen (secondary N) is 3. The van der Waals surface area contributed by atoms with Gasteiger partial charge in [-0.2, -0.15) is 0 Å². The van der Waals surface area contributed by atoms with Crippen LogP contribution in [0.2, 0.25) is 0 Å². The smallest absolute Gasteiger partial charge is 0.243 e. The number of carbonyl (C=O) groups is 3. The van der Waals surface area contributed by atoms with Gasteiger partial charge in [0.25, 0.3) is 0 Å². The lowest BCUT2D eigenvalue weighted by Crippen LogP contribution is -2.52. The highest BCUT2D eigenvalue weighted by Gasteiger charge is 2.26. The molecular formula is C13H24N4O3. The van der Waals surface area contributed by atoms with Gasteiger partial charge in [0.1, 0.15) is 6.04 Å². The second-order valence-corrected chi connectivity index (χ2v) is 5.04. The Morgan fingerprint density at radius 2 is 2.15 bits per heavy atom. The maximum atomic E-state index is 12.0. The molecule has 0 aromatic carbocycles. The molecule has 0 saturated carbocycles. The molecule has 1 saturated heterocycles. The number of rotatable bonds is 8. The molecule has 1 heterocycles. The van der Waals surface area contributed by atoms with Crippen LogP contribution in [0.4, 0.5) is 0 Å². The van der Waals surface area contributed by atoms with E-state index in [2.05, 4.69) is 16.0 Å². The van der Waals surface area contributed by atoms with Gasteiger partial charge in [-0.15, -0.1) is 0 Å². The summed E-state index contributed by atoms with van der Waals surface area (Å²) in [7, 11) is 0. The molecule has 5 N–H and O–H groups in total. The lowest BCUT2D eigenvalue weighted by atomic mass is 10.1. The van der Waals surface area contributed by atoms with E-state index in [1.807, 2.05) is 6.92 Å². The number of carbonyl (C=O) groups excluding carboxylic acids is 3. The molecule has 7 heteroatoms. The van der Waals surface area contributed by atoms with Crippen LogP contribution in [0.5, 0.6) is 0 Å². The van der Waals surface area contributed by atoms with Crippen LogP contribution in [0.15, 0.2) is 0 Å². The van der Waals surface area contributed by atoms with E-state index in [1.54, 1.807) is 0 Å². The summed E-state index contributed by atoms with van der Waals surface area (Å²) in [5.41, 5.74) is 4.99. The van der Waals surface area contributed by atoms with Crippen molar-refractivity contribution in [1.82, 2.24) is 16.0 Å². The van der Waals surface area contributed by atoms with Gasteiger partial charge in [0.15, 0.2) is 0 Å². The molecule has 114 valence electrons. The number of hydrogen-bond donors (Lipinski definition) is 4. The number of nitrogens with two attached hydrogens (primary N) is 1. The fraction of sp³-hybridized carbons (Fsp3) is 0.769. The van der Waals surface area contributed by atoms with Crippen LogP contribution in [0.25, 0.3) is 0 Å². The first-order valence-corrected chi connectivity index (χ1v) is 7.14. The Morgan fingerprint density at radius 3 is 2.70 bits per heavy atom. The van der Waals surface area contributed by atoms with Gasteiger partial charge < -0.3 is 21.7 Å². The average Bonchev–Trinajstić information content (AvgIpc) is 2.94. The number of hydrogen-bond acceptors (Lipinski definition) is 4. The number of primary amides is 1. The van der Waals surface area contributed by atoms with E-state index in [1.165, 1.54) is 0 Å². The summed E-state index contributed by atoms with van der Waals surface area (Å²) in [5, 5.41) is 8.28. The zero-order valence-electron chi connectivity index (χ0n) is 11.9. The molecule has 0 aromatic heterocycles. The van der Waals surface area contributed by atoms with Crippen molar-refractivity contribution in [3.8, 4) is 0 Å². The van der Waals surface area contributed by atoms with E-state index < -0.39 is 11.9 Å². The van der Waals surface area contributed by atoms with Gasteiger partial charge in [0.05, 0.1) is 12.6 Å². The normalized spacial score (nSPS) is 19.4. The Labute approximate surface area is 119 Å². The second kappa shape index (κ2) is 8.52. The molecule has 0 aliphatic carbocycles. The molecule has 0 spiro atoms. The fourth-order valence-electron chi connectivity index (χ4n) is 2.16. The van der Waals surface area contributed by atoms with Crippen molar-refractivity contribution >= 4 is 17.7 Å². The first-order chi connectivity index (χ1) is 9.54. The Bertz CT molecular complexity index is 354. The highest BCUT2D eigenvalue weighted by Crippen LogP contribution is 2.07. The zero-order valence-corrected chi connectivity index (χ0v) is 11.9. The van der Waals surface area contributed by atoms with E-state index >= 15 is 0 Å². The molecule has 1 aliphatic heterocycles. The lowest BCUT2D eigenvalue weighted by Gasteiger charge is -2.20. The highest BCUT2D eigenvalue weighted by atomic mass is 16.2. The molecule has 20 heavy (non-hydrogen) atoms. The molecule has 7 nitrogen and oxygen atoms in total. The van der Waals surface area contributed by atoms with Crippen LogP contribution in [0.1, 0.15) is 39.0 Å². The van der Waals surface area contributed by atoms with Gasteiger partial charge >= 0.3 is 0 Å². The Kier molecular flexibility index (Phi) is 7.00. The summed E-state index contributed by atoms with van der Waals surface area (Å²) in [4.78, 5) is 34.6. The first kappa shape index (κ1) is 16.4. The third-order valence-corrected chi connectivity index (χ3v) is 3.29. The first-order valence-electron chi connectivity index (χ1n) is 7.14. The molecule has 0 unspecified atom stereocenters. The molecule has 1 rings (SSSR count). The largest absolute Gasteiger partial charge is 0.368 e. The van der Waals surface area contributed by atoms with Gasteiger partial charge in [0.2, 0.25) is 17.7 Å². The third-order valence-electron chi connectivity index (χ3n) is 3.29. The van der Waals surface area contributed by atoms with Crippen LogP contribution in [-0.4, -0.2) is 42.9 Å². The second-order valence-electron chi connectivity index (χ2n) is 5.04. The van der Waals surface area contributed by atoms with Crippen LogP contribution >= 0.6 is 0 Å². The molecule has 0 radical (unpaired) electrons. The quantitative estimate of drug-likeness (QED) is 0.458. The minimum absolute atomic E-state index is 0.155. The third kappa shape index (κ3) is 5.56. The molecule has 1 aliphatic rings. The maximum absolute atomic E-state index is 12.0.